The van der Waals surface area contributed by atoms with Crippen molar-refractivity contribution in [2.45, 2.75) is 37.5 Å². The lowest BCUT2D eigenvalue weighted by molar-refractivity contribution is -0.385. The van der Waals surface area contributed by atoms with Crippen molar-refractivity contribution in [3.05, 3.63) is 57.1 Å². The highest BCUT2D eigenvalue weighted by atomic mass is 32.2. The zero-order valence-electron chi connectivity index (χ0n) is 19.5. The number of ether oxygens (including phenoxy) is 2. The van der Waals surface area contributed by atoms with Gasteiger partial charge in [0.05, 0.1) is 30.1 Å². The number of nitro benzene ring substituents is 1. The largest absolute Gasteiger partial charge is 0.493 e. The van der Waals surface area contributed by atoms with Crippen LogP contribution in [0.2, 0.25) is 0 Å². The van der Waals surface area contributed by atoms with E-state index >= 15 is 0 Å². The Kier molecular flexibility index (Phi) is 8.11. The number of rotatable bonds is 9. The summed E-state index contributed by atoms with van der Waals surface area (Å²) in [6, 6.07) is 7.33. The van der Waals surface area contributed by atoms with Crippen molar-refractivity contribution < 1.29 is 27.6 Å². The maximum atomic E-state index is 13.0. The zero-order valence-corrected chi connectivity index (χ0v) is 20.3. The van der Waals surface area contributed by atoms with Crippen LogP contribution in [-0.4, -0.2) is 57.4 Å². The molecule has 1 fully saturated rings. The molecule has 1 heterocycles. The van der Waals surface area contributed by atoms with E-state index in [1.165, 1.54) is 42.8 Å². The number of carbonyl (C=O) groups is 1. The van der Waals surface area contributed by atoms with E-state index in [0.717, 1.165) is 19.3 Å². The summed E-state index contributed by atoms with van der Waals surface area (Å²) >= 11 is 0. The highest BCUT2D eigenvalue weighted by molar-refractivity contribution is 7.89. The van der Waals surface area contributed by atoms with Gasteiger partial charge in [-0.15, -0.1) is 0 Å². The fraction of sp³-hybridized carbons (Fsp3) is 0.435. The van der Waals surface area contributed by atoms with Gasteiger partial charge >= 0.3 is 0 Å². The number of hydrogen-bond acceptors (Lipinski definition) is 7. The molecule has 0 saturated carbocycles. The Hall–Kier alpha value is -3.18. The van der Waals surface area contributed by atoms with Gasteiger partial charge in [-0.25, -0.2) is 8.42 Å². The molecule has 2 aromatic carbocycles. The van der Waals surface area contributed by atoms with E-state index in [2.05, 4.69) is 5.32 Å². The molecule has 0 bridgehead atoms. The Labute approximate surface area is 199 Å². The minimum Gasteiger partial charge on any atom is -0.493 e. The van der Waals surface area contributed by atoms with Crippen LogP contribution in [0.4, 0.5) is 5.69 Å². The predicted octanol–water partition coefficient (Wildman–Crippen LogP) is 3.07. The topological polar surface area (TPSA) is 128 Å². The SMILES string of the molecule is COc1cc(CCNC(=O)c2cc(S(=O)(=O)N3CCCCC3)ccc2C)c([N+](=O)[O-])cc1OC. The molecule has 34 heavy (non-hydrogen) atoms. The van der Waals surface area contributed by atoms with Crippen LogP contribution in [0.1, 0.15) is 40.7 Å². The Bertz CT molecular complexity index is 1180. The van der Waals surface area contributed by atoms with Crippen molar-refractivity contribution >= 4 is 21.6 Å². The maximum absolute atomic E-state index is 13.0. The molecule has 1 aliphatic rings. The molecular weight excluding hydrogens is 462 g/mol. The van der Waals surface area contributed by atoms with Crippen LogP contribution in [-0.2, 0) is 16.4 Å². The fourth-order valence-corrected chi connectivity index (χ4v) is 5.49. The number of aryl methyl sites for hydroxylation is 1. The van der Waals surface area contributed by atoms with Crippen LogP contribution >= 0.6 is 0 Å². The van der Waals surface area contributed by atoms with Gasteiger partial charge in [0, 0.05) is 30.8 Å². The first-order chi connectivity index (χ1) is 16.2. The lowest BCUT2D eigenvalue weighted by Crippen LogP contribution is -2.35. The van der Waals surface area contributed by atoms with Gasteiger partial charge < -0.3 is 14.8 Å². The van der Waals surface area contributed by atoms with E-state index < -0.39 is 20.9 Å². The van der Waals surface area contributed by atoms with E-state index in [4.69, 9.17) is 9.47 Å². The second kappa shape index (κ2) is 10.8. The van der Waals surface area contributed by atoms with E-state index in [1.807, 2.05) is 0 Å². The lowest BCUT2D eigenvalue weighted by atomic mass is 10.1. The van der Waals surface area contributed by atoms with E-state index in [9.17, 15) is 23.3 Å². The number of amides is 1. The molecule has 2 aromatic rings. The van der Waals surface area contributed by atoms with E-state index in [0.29, 0.717) is 30.0 Å². The summed E-state index contributed by atoms with van der Waals surface area (Å²) in [4.78, 5) is 23.9. The second-order valence-corrected chi connectivity index (χ2v) is 9.98. The summed E-state index contributed by atoms with van der Waals surface area (Å²) in [7, 11) is -0.849. The third-order valence-electron chi connectivity index (χ3n) is 5.87. The zero-order chi connectivity index (χ0) is 24.9. The number of carbonyl (C=O) groups excluding carboxylic acids is 1. The normalized spacial score (nSPS) is 14.4. The van der Waals surface area contributed by atoms with Crippen LogP contribution in [0.15, 0.2) is 35.2 Å². The summed E-state index contributed by atoms with van der Waals surface area (Å²) in [5, 5.41) is 14.2. The first-order valence-corrected chi connectivity index (χ1v) is 12.4. The highest BCUT2D eigenvalue weighted by Gasteiger charge is 2.27. The van der Waals surface area contributed by atoms with Crippen molar-refractivity contribution in [1.29, 1.82) is 0 Å². The molecule has 10 nitrogen and oxygen atoms in total. The molecule has 184 valence electrons. The fourth-order valence-electron chi connectivity index (χ4n) is 3.95. The highest BCUT2D eigenvalue weighted by Crippen LogP contribution is 2.34. The van der Waals surface area contributed by atoms with Crippen molar-refractivity contribution in [3.63, 3.8) is 0 Å². The monoisotopic (exact) mass is 491 g/mol. The Morgan fingerprint density at radius 2 is 1.74 bits per heavy atom. The first kappa shape index (κ1) is 25.4. The van der Waals surface area contributed by atoms with Crippen molar-refractivity contribution in [2.75, 3.05) is 33.9 Å². The van der Waals surface area contributed by atoms with Crippen molar-refractivity contribution in [1.82, 2.24) is 9.62 Å². The molecule has 0 aliphatic carbocycles. The molecule has 0 spiro atoms. The number of methoxy groups -OCH3 is 2. The molecule has 0 unspecified atom stereocenters. The van der Waals surface area contributed by atoms with Crippen LogP contribution in [0, 0.1) is 17.0 Å². The van der Waals surface area contributed by atoms with Crippen LogP contribution < -0.4 is 14.8 Å². The van der Waals surface area contributed by atoms with Crippen molar-refractivity contribution in [3.8, 4) is 11.5 Å². The molecule has 0 radical (unpaired) electrons. The van der Waals surface area contributed by atoms with Gasteiger partial charge in [-0.3, -0.25) is 14.9 Å². The van der Waals surface area contributed by atoms with Crippen LogP contribution in [0.3, 0.4) is 0 Å². The third-order valence-corrected chi connectivity index (χ3v) is 7.76. The summed E-state index contributed by atoms with van der Waals surface area (Å²) < 4.78 is 37.8. The molecular formula is C23H29N3O7S. The van der Waals surface area contributed by atoms with Gasteiger partial charge in [-0.05, 0) is 49.9 Å². The quantitative estimate of drug-likeness (QED) is 0.422. The number of hydrogen-bond donors (Lipinski definition) is 1. The average Bonchev–Trinajstić information content (AvgIpc) is 2.84. The van der Waals surface area contributed by atoms with Crippen LogP contribution in [0.25, 0.3) is 0 Å². The number of benzene rings is 2. The molecule has 1 N–H and O–H groups in total. The van der Waals surface area contributed by atoms with Gasteiger partial charge in [-0.1, -0.05) is 12.5 Å². The number of sulfonamides is 1. The molecule has 0 aromatic heterocycles. The number of nitro groups is 1. The Morgan fingerprint density at radius 1 is 1.09 bits per heavy atom. The smallest absolute Gasteiger partial charge is 0.276 e. The standard InChI is InChI=1S/C23H29N3O7S/c1-16-7-8-18(34(30,31)25-11-5-4-6-12-25)14-19(16)23(27)24-10-9-17-13-21(32-2)22(33-3)15-20(17)26(28)29/h7-8,13-15H,4-6,9-12H2,1-3H3,(H,24,27). The molecule has 1 aliphatic heterocycles. The summed E-state index contributed by atoms with van der Waals surface area (Å²) in [5.41, 5.74) is 1.12. The summed E-state index contributed by atoms with van der Waals surface area (Å²) in [6.07, 6.45) is 2.82. The van der Waals surface area contributed by atoms with Crippen LogP contribution in [0.5, 0.6) is 11.5 Å². The van der Waals surface area contributed by atoms with E-state index in [1.54, 1.807) is 13.0 Å². The van der Waals surface area contributed by atoms with Gasteiger partial charge in [0.15, 0.2) is 11.5 Å². The number of piperidine rings is 1. The number of nitrogens with zero attached hydrogens (tertiary/aromatic N) is 2. The molecule has 1 saturated heterocycles. The average molecular weight is 492 g/mol. The molecule has 3 rings (SSSR count). The first-order valence-electron chi connectivity index (χ1n) is 11.0. The maximum Gasteiger partial charge on any atom is 0.276 e. The Morgan fingerprint density at radius 3 is 2.35 bits per heavy atom. The van der Waals surface area contributed by atoms with Gasteiger partial charge in [0.25, 0.3) is 11.6 Å². The second-order valence-electron chi connectivity index (χ2n) is 8.04. The third kappa shape index (κ3) is 5.48. The number of nitrogens with one attached hydrogen (secondary N) is 1. The predicted molar refractivity (Wildman–Crippen MR) is 126 cm³/mol. The van der Waals surface area contributed by atoms with E-state index in [-0.39, 0.29) is 34.9 Å². The van der Waals surface area contributed by atoms with Gasteiger partial charge in [-0.2, -0.15) is 4.31 Å². The molecule has 11 heteroatoms. The summed E-state index contributed by atoms with van der Waals surface area (Å²) in [6.45, 7) is 2.78. The molecule has 0 atom stereocenters. The minimum absolute atomic E-state index is 0.0840. The van der Waals surface area contributed by atoms with Gasteiger partial charge in [0.2, 0.25) is 10.0 Å². The van der Waals surface area contributed by atoms with Crippen molar-refractivity contribution in [2.24, 2.45) is 0 Å². The summed E-state index contributed by atoms with van der Waals surface area (Å²) in [5.74, 6) is 0.140. The van der Waals surface area contributed by atoms with Gasteiger partial charge in [0.1, 0.15) is 0 Å². The molecule has 1 amide bonds. The Balaban J connectivity index is 1.76. The minimum atomic E-state index is -3.68. The lowest BCUT2D eigenvalue weighted by Gasteiger charge is -2.26.